The van der Waals surface area contributed by atoms with Crippen LogP contribution < -0.4 is 15.4 Å². The van der Waals surface area contributed by atoms with Crippen LogP contribution in [0, 0.1) is 0 Å². The molecule has 0 saturated heterocycles. The lowest BCUT2D eigenvalue weighted by Gasteiger charge is -2.18. The summed E-state index contributed by atoms with van der Waals surface area (Å²) in [5.74, 6) is 0.379. The van der Waals surface area contributed by atoms with Crippen LogP contribution in [-0.2, 0) is 16.2 Å². The molecule has 0 heterocycles. The number of anilines is 1. The minimum absolute atomic E-state index is 0.149. The number of nitrogens with one attached hydrogen (secondary N) is 2. The lowest BCUT2D eigenvalue weighted by atomic mass is 10.0. The van der Waals surface area contributed by atoms with Crippen molar-refractivity contribution in [1.82, 2.24) is 5.32 Å². The van der Waals surface area contributed by atoms with E-state index in [0.717, 1.165) is 16.9 Å². The molecule has 0 aliphatic carbocycles. The van der Waals surface area contributed by atoms with E-state index in [-0.39, 0.29) is 24.3 Å². The van der Waals surface area contributed by atoms with E-state index in [1.54, 1.807) is 12.1 Å². The molecule has 0 aliphatic heterocycles. The van der Waals surface area contributed by atoms with Gasteiger partial charge in [-0.25, -0.2) is 0 Å². The van der Waals surface area contributed by atoms with Crippen molar-refractivity contribution in [3.05, 3.63) is 96.1 Å². The summed E-state index contributed by atoms with van der Waals surface area (Å²) < 4.78 is 5.76. The minimum Gasteiger partial charge on any atom is -0.489 e. The van der Waals surface area contributed by atoms with E-state index in [1.165, 1.54) is 6.92 Å². The molecule has 5 nitrogen and oxygen atoms in total. The summed E-state index contributed by atoms with van der Waals surface area (Å²) in [6, 6.07) is 26.3. The number of benzene rings is 3. The van der Waals surface area contributed by atoms with Gasteiger partial charge in [-0.05, 0) is 35.4 Å². The van der Waals surface area contributed by atoms with Crippen LogP contribution in [0.2, 0.25) is 0 Å². The Balaban J connectivity index is 1.55. The van der Waals surface area contributed by atoms with Crippen LogP contribution in [0.4, 0.5) is 5.69 Å². The van der Waals surface area contributed by atoms with E-state index in [0.29, 0.717) is 12.3 Å². The number of hydrogen-bond acceptors (Lipinski definition) is 3. The van der Waals surface area contributed by atoms with Gasteiger partial charge in [-0.15, -0.1) is 0 Å². The van der Waals surface area contributed by atoms with Crippen LogP contribution in [0.3, 0.4) is 0 Å². The minimum atomic E-state index is -0.373. The van der Waals surface area contributed by atoms with Gasteiger partial charge in [0.1, 0.15) is 12.4 Å². The Morgan fingerprint density at radius 1 is 0.862 bits per heavy atom. The van der Waals surface area contributed by atoms with Crippen molar-refractivity contribution in [1.29, 1.82) is 0 Å². The fourth-order valence-corrected chi connectivity index (χ4v) is 2.96. The third-order valence-corrected chi connectivity index (χ3v) is 4.36. The second-order valence-electron chi connectivity index (χ2n) is 6.71. The molecule has 0 spiro atoms. The van der Waals surface area contributed by atoms with E-state index < -0.39 is 0 Å². The Labute approximate surface area is 170 Å². The summed E-state index contributed by atoms with van der Waals surface area (Å²) >= 11 is 0. The average molecular weight is 388 g/mol. The highest BCUT2D eigenvalue weighted by Gasteiger charge is 2.17. The SMILES string of the molecule is CC(=O)N[C@H](CC(=O)Nc1ccc(OCc2ccccc2)cc1)c1ccccc1. The number of carbonyl (C=O) groups is 2. The lowest BCUT2D eigenvalue weighted by Crippen LogP contribution is -2.29. The van der Waals surface area contributed by atoms with Crippen molar-refractivity contribution in [2.24, 2.45) is 0 Å². The first kappa shape index (κ1) is 20.1. The number of rotatable bonds is 8. The Morgan fingerprint density at radius 2 is 1.48 bits per heavy atom. The highest BCUT2D eigenvalue weighted by Crippen LogP contribution is 2.20. The van der Waals surface area contributed by atoms with E-state index in [9.17, 15) is 9.59 Å². The van der Waals surface area contributed by atoms with Crippen LogP contribution in [0.1, 0.15) is 30.5 Å². The van der Waals surface area contributed by atoms with Gasteiger partial charge in [0.25, 0.3) is 0 Å². The summed E-state index contributed by atoms with van der Waals surface area (Å²) in [4.78, 5) is 24.0. The lowest BCUT2D eigenvalue weighted by molar-refractivity contribution is -0.120. The zero-order valence-corrected chi connectivity index (χ0v) is 16.3. The summed E-state index contributed by atoms with van der Waals surface area (Å²) in [5.41, 5.74) is 2.66. The van der Waals surface area contributed by atoms with Crippen molar-refractivity contribution in [3.63, 3.8) is 0 Å². The van der Waals surface area contributed by atoms with Gasteiger partial charge in [0.2, 0.25) is 11.8 Å². The standard InChI is InChI=1S/C24H24N2O3/c1-18(27)25-23(20-10-6-3-7-11-20)16-24(28)26-21-12-14-22(15-13-21)29-17-19-8-4-2-5-9-19/h2-15,23H,16-17H2,1H3,(H,25,27)(H,26,28)/t23-/m1/s1. The molecule has 1 atom stereocenters. The van der Waals surface area contributed by atoms with Gasteiger partial charge in [-0.2, -0.15) is 0 Å². The molecule has 3 aromatic carbocycles. The fraction of sp³-hybridized carbons (Fsp3) is 0.167. The summed E-state index contributed by atoms with van der Waals surface area (Å²) in [6.45, 7) is 1.93. The number of ether oxygens (including phenoxy) is 1. The van der Waals surface area contributed by atoms with E-state index >= 15 is 0 Å². The van der Waals surface area contributed by atoms with Crippen molar-refractivity contribution in [3.8, 4) is 5.75 Å². The van der Waals surface area contributed by atoms with Crippen LogP contribution in [0.25, 0.3) is 0 Å². The smallest absolute Gasteiger partial charge is 0.226 e. The second-order valence-corrected chi connectivity index (χ2v) is 6.71. The molecule has 0 bridgehead atoms. The number of amides is 2. The molecule has 0 unspecified atom stereocenters. The quantitative estimate of drug-likeness (QED) is 0.598. The van der Waals surface area contributed by atoms with Crippen molar-refractivity contribution in [2.45, 2.75) is 26.0 Å². The first-order valence-electron chi connectivity index (χ1n) is 9.49. The van der Waals surface area contributed by atoms with Crippen LogP contribution in [0.5, 0.6) is 5.75 Å². The van der Waals surface area contributed by atoms with Gasteiger partial charge < -0.3 is 15.4 Å². The Hall–Kier alpha value is -3.60. The molecule has 148 valence electrons. The first-order valence-corrected chi connectivity index (χ1v) is 9.49. The van der Waals surface area contributed by atoms with Gasteiger partial charge in [0.05, 0.1) is 12.5 Å². The van der Waals surface area contributed by atoms with Crippen LogP contribution in [0.15, 0.2) is 84.9 Å². The summed E-state index contributed by atoms with van der Waals surface area (Å²) in [6.07, 6.45) is 0.149. The molecule has 29 heavy (non-hydrogen) atoms. The van der Waals surface area contributed by atoms with Gasteiger partial charge in [0.15, 0.2) is 0 Å². The molecule has 0 aliphatic rings. The molecule has 0 aromatic heterocycles. The van der Waals surface area contributed by atoms with Gasteiger partial charge in [-0.1, -0.05) is 60.7 Å². The maximum atomic E-state index is 12.5. The molecule has 0 saturated carbocycles. The summed E-state index contributed by atoms with van der Waals surface area (Å²) in [5, 5.41) is 5.71. The predicted octanol–water partition coefficient (Wildman–Crippen LogP) is 4.47. The van der Waals surface area contributed by atoms with E-state index in [1.807, 2.05) is 72.8 Å². The van der Waals surface area contributed by atoms with Crippen molar-refractivity contribution < 1.29 is 14.3 Å². The molecule has 0 radical (unpaired) electrons. The Morgan fingerprint density at radius 3 is 2.10 bits per heavy atom. The third-order valence-electron chi connectivity index (χ3n) is 4.36. The third kappa shape index (κ3) is 6.50. The molecular formula is C24H24N2O3. The predicted molar refractivity (Wildman–Crippen MR) is 113 cm³/mol. The van der Waals surface area contributed by atoms with Crippen LogP contribution in [-0.4, -0.2) is 11.8 Å². The summed E-state index contributed by atoms with van der Waals surface area (Å²) in [7, 11) is 0. The normalized spacial score (nSPS) is 11.3. The van der Waals surface area contributed by atoms with E-state index in [4.69, 9.17) is 4.74 Å². The first-order chi connectivity index (χ1) is 14.1. The zero-order valence-electron chi connectivity index (χ0n) is 16.3. The monoisotopic (exact) mass is 388 g/mol. The maximum Gasteiger partial charge on any atom is 0.226 e. The molecule has 5 heteroatoms. The van der Waals surface area contributed by atoms with Crippen molar-refractivity contribution >= 4 is 17.5 Å². The fourth-order valence-electron chi connectivity index (χ4n) is 2.96. The maximum absolute atomic E-state index is 12.5. The number of hydrogen-bond donors (Lipinski definition) is 2. The van der Waals surface area contributed by atoms with Gasteiger partial charge in [-0.3, -0.25) is 9.59 Å². The average Bonchev–Trinajstić information content (AvgIpc) is 2.74. The van der Waals surface area contributed by atoms with E-state index in [2.05, 4.69) is 10.6 Å². The van der Waals surface area contributed by atoms with Gasteiger partial charge >= 0.3 is 0 Å². The molecule has 0 fully saturated rings. The zero-order chi connectivity index (χ0) is 20.5. The second kappa shape index (κ2) is 10.1. The highest BCUT2D eigenvalue weighted by molar-refractivity contribution is 5.91. The Kier molecular flexibility index (Phi) is 7.00. The largest absolute Gasteiger partial charge is 0.489 e. The molecular weight excluding hydrogens is 364 g/mol. The number of carbonyl (C=O) groups excluding carboxylic acids is 2. The van der Waals surface area contributed by atoms with Gasteiger partial charge in [0, 0.05) is 12.6 Å². The topological polar surface area (TPSA) is 67.4 Å². The molecule has 3 rings (SSSR count). The molecule has 2 N–H and O–H groups in total. The van der Waals surface area contributed by atoms with Crippen LogP contribution >= 0.6 is 0 Å². The molecule has 3 aromatic rings. The molecule has 2 amide bonds. The Bertz CT molecular complexity index is 925. The highest BCUT2D eigenvalue weighted by atomic mass is 16.5. The van der Waals surface area contributed by atoms with Crippen molar-refractivity contribution in [2.75, 3.05) is 5.32 Å².